The average molecular weight is 475 g/mol. The van der Waals surface area contributed by atoms with Gasteiger partial charge < -0.3 is 4.90 Å². The van der Waals surface area contributed by atoms with Crippen molar-refractivity contribution in [1.82, 2.24) is 10.2 Å². The minimum Gasteiger partial charge on any atom is -0.311 e. The number of aromatic nitrogens is 2. The van der Waals surface area contributed by atoms with Gasteiger partial charge in [0.2, 0.25) is 11.0 Å². The fraction of sp³-hybridized carbons (Fsp3) is 0.286. The summed E-state index contributed by atoms with van der Waals surface area (Å²) in [5, 5.41) is 8.58. The highest BCUT2D eigenvalue weighted by Gasteiger charge is 2.25. The van der Waals surface area contributed by atoms with Gasteiger partial charge in [-0.2, -0.15) is 0 Å². The lowest BCUT2D eigenvalue weighted by Crippen LogP contribution is -2.36. The first kappa shape index (κ1) is 21.8. The number of aryl methyl sites for hydroxylation is 2. The molecule has 0 spiro atoms. The van der Waals surface area contributed by atoms with Crippen LogP contribution in [0.3, 0.4) is 0 Å². The molecule has 1 N–H and O–H groups in total. The summed E-state index contributed by atoms with van der Waals surface area (Å²) in [6.45, 7) is 2.41. The Hall–Kier alpha value is -2.43. The van der Waals surface area contributed by atoms with E-state index in [1.807, 2.05) is 30.3 Å². The van der Waals surface area contributed by atoms with Crippen molar-refractivity contribution in [2.45, 2.75) is 30.4 Å². The molecule has 0 radical (unpaired) electrons. The van der Waals surface area contributed by atoms with Crippen LogP contribution in [0, 0.1) is 6.92 Å². The quantitative estimate of drug-likeness (QED) is 0.559. The molecule has 0 fully saturated rings. The van der Waals surface area contributed by atoms with Crippen LogP contribution in [0.25, 0.3) is 0 Å². The Bertz CT molecular complexity index is 1180. The number of hydrogen-bond acceptors (Lipinski definition) is 7. The van der Waals surface area contributed by atoms with Gasteiger partial charge in [-0.15, -0.1) is 22.0 Å². The predicted molar refractivity (Wildman–Crippen MR) is 125 cm³/mol. The van der Waals surface area contributed by atoms with Crippen LogP contribution in [0.2, 0.25) is 0 Å². The first-order valence-electron chi connectivity index (χ1n) is 9.80. The van der Waals surface area contributed by atoms with Crippen molar-refractivity contribution in [2.75, 3.05) is 21.9 Å². The number of nitrogens with one attached hydrogen (secondary N) is 1. The topological polar surface area (TPSA) is 92.3 Å². The van der Waals surface area contributed by atoms with Gasteiger partial charge in [0.1, 0.15) is 5.01 Å². The maximum Gasteiger partial charge on any atom is 0.263 e. The van der Waals surface area contributed by atoms with Gasteiger partial charge in [0, 0.05) is 18.0 Å². The van der Waals surface area contributed by atoms with E-state index >= 15 is 0 Å². The molecule has 3 aromatic rings. The number of thioether (sulfide) groups is 1. The second kappa shape index (κ2) is 9.37. The summed E-state index contributed by atoms with van der Waals surface area (Å²) in [5.41, 5.74) is 2.85. The molecule has 0 atom stereocenters. The molecule has 1 aromatic heterocycles. The van der Waals surface area contributed by atoms with Crippen LogP contribution in [0.15, 0.2) is 53.4 Å². The molecular formula is C21H22N4O3S3. The van der Waals surface area contributed by atoms with E-state index in [-0.39, 0.29) is 15.9 Å². The summed E-state index contributed by atoms with van der Waals surface area (Å²) in [6.07, 6.45) is 1.53. The van der Waals surface area contributed by atoms with Crippen molar-refractivity contribution < 1.29 is 13.2 Å². The smallest absolute Gasteiger partial charge is 0.263 e. The molecule has 162 valence electrons. The Morgan fingerprint density at radius 2 is 2.00 bits per heavy atom. The van der Waals surface area contributed by atoms with Crippen LogP contribution in [0.5, 0.6) is 0 Å². The van der Waals surface area contributed by atoms with Gasteiger partial charge in [0.25, 0.3) is 10.0 Å². The first-order valence-corrected chi connectivity index (χ1v) is 13.3. The van der Waals surface area contributed by atoms with Crippen LogP contribution in [0.1, 0.15) is 22.6 Å². The third kappa shape index (κ3) is 5.25. The highest BCUT2D eigenvalue weighted by atomic mass is 32.2. The van der Waals surface area contributed by atoms with Gasteiger partial charge in [-0.3, -0.25) is 9.52 Å². The molecule has 1 aliphatic rings. The van der Waals surface area contributed by atoms with Crippen molar-refractivity contribution >= 4 is 49.8 Å². The van der Waals surface area contributed by atoms with E-state index in [9.17, 15) is 13.2 Å². The predicted octanol–water partition coefficient (Wildman–Crippen LogP) is 3.86. The normalized spacial score (nSPS) is 13.6. The highest BCUT2D eigenvalue weighted by molar-refractivity contribution is 7.99. The number of carbonyl (C=O) groups is 1. The van der Waals surface area contributed by atoms with Gasteiger partial charge in [0.05, 0.1) is 10.6 Å². The zero-order chi connectivity index (χ0) is 21.8. The van der Waals surface area contributed by atoms with Gasteiger partial charge in [-0.05, 0) is 49.1 Å². The third-order valence-electron chi connectivity index (χ3n) is 4.87. The number of fused-ring (bicyclic) bond motifs is 1. The van der Waals surface area contributed by atoms with Crippen LogP contribution in [0.4, 0.5) is 10.8 Å². The molecule has 1 aliphatic heterocycles. The molecule has 1 amide bonds. The maximum absolute atomic E-state index is 12.8. The van der Waals surface area contributed by atoms with Crippen molar-refractivity contribution in [3.63, 3.8) is 0 Å². The Morgan fingerprint density at radius 1 is 1.19 bits per heavy atom. The number of hydrogen-bond donors (Lipinski definition) is 1. The standard InChI is InChI=1S/C21H22N4O3S3/c1-15-22-23-21(30-15)24-31(27,28)18-9-10-19-17(12-18)8-5-11-25(19)20(26)14-29-13-16-6-3-2-4-7-16/h2-4,6-7,9-10,12H,5,8,11,13-14H2,1H3,(H,23,24). The second-order valence-corrected chi connectivity index (χ2v) is 11.0. The van der Waals surface area contributed by atoms with E-state index in [1.165, 1.54) is 23.0 Å². The number of anilines is 2. The van der Waals surface area contributed by atoms with Crippen molar-refractivity contribution in [3.8, 4) is 0 Å². The summed E-state index contributed by atoms with van der Waals surface area (Å²) < 4.78 is 27.9. The van der Waals surface area contributed by atoms with E-state index in [0.29, 0.717) is 17.3 Å². The molecule has 2 aromatic carbocycles. The lowest BCUT2D eigenvalue weighted by molar-refractivity contribution is -0.116. The van der Waals surface area contributed by atoms with Crippen LogP contribution in [-0.4, -0.2) is 36.8 Å². The fourth-order valence-corrected chi connectivity index (χ4v) is 6.15. The average Bonchev–Trinajstić information content (AvgIpc) is 3.17. The first-order chi connectivity index (χ1) is 14.9. The van der Waals surface area contributed by atoms with Crippen molar-refractivity contribution in [2.24, 2.45) is 0 Å². The zero-order valence-corrected chi connectivity index (χ0v) is 19.4. The number of sulfonamides is 1. The maximum atomic E-state index is 12.8. The number of nitrogens with zero attached hydrogens (tertiary/aromatic N) is 3. The molecule has 0 saturated heterocycles. The largest absolute Gasteiger partial charge is 0.311 e. The monoisotopic (exact) mass is 474 g/mol. The van der Waals surface area contributed by atoms with Crippen molar-refractivity contribution in [1.29, 1.82) is 0 Å². The Balaban J connectivity index is 1.45. The Kier molecular flexibility index (Phi) is 6.59. The molecule has 2 heterocycles. The Morgan fingerprint density at radius 3 is 2.74 bits per heavy atom. The number of benzene rings is 2. The van der Waals surface area contributed by atoms with Crippen molar-refractivity contribution in [3.05, 3.63) is 64.7 Å². The summed E-state index contributed by atoms with van der Waals surface area (Å²) in [6, 6.07) is 15.0. The number of amides is 1. The fourth-order valence-electron chi connectivity index (χ4n) is 3.42. The van der Waals surface area contributed by atoms with E-state index in [0.717, 1.165) is 29.8 Å². The lowest BCUT2D eigenvalue weighted by Gasteiger charge is -2.30. The van der Waals surface area contributed by atoms with E-state index in [4.69, 9.17) is 0 Å². The molecule has 10 heteroatoms. The summed E-state index contributed by atoms with van der Waals surface area (Å²) in [7, 11) is -3.77. The zero-order valence-electron chi connectivity index (χ0n) is 16.9. The molecule has 0 bridgehead atoms. The van der Waals surface area contributed by atoms with E-state index < -0.39 is 10.0 Å². The highest BCUT2D eigenvalue weighted by Crippen LogP contribution is 2.31. The summed E-state index contributed by atoms with van der Waals surface area (Å²) >= 11 is 2.77. The lowest BCUT2D eigenvalue weighted by atomic mass is 10.0. The van der Waals surface area contributed by atoms with Gasteiger partial charge in [-0.1, -0.05) is 41.7 Å². The SMILES string of the molecule is Cc1nnc(NS(=O)(=O)c2ccc3c(c2)CCCN3C(=O)CSCc2ccccc2)s1. The van der Waals surface area contributed by atoms with E-state index in [1.54, 1.807) is 35.7 Å². The van der Waals surface area contributed by atoms with Gasteiger partial charge in [0.15, 0.2) is 0 Å². The summed E-state index contributed by atoms with van der Waals surface area (Å²) in [5.74, 6) is 1.20. The second-order valence-electron chi connectivity index (χ2n) is 7.15. The Labute approximate surface area is 189 Å². The number of rotatable bonds is 7. The molecule has 4 rings (SSSR count). The minimum absolute atomic E-state index is 0.0416. The van der Waals surface area contributed by atoms with Crippen LogP contribution in [-0.2, 0) is 27.0 Å². The molecular weight excluding hydrogens is 452 g/mol. The molecule has 31 heavy (non-hydrogen) atoms. The molecule has 0 unspecified atom stereocenters. The third-order valence-corrected chi connectivity index (χ3v) is 8.07. The van der Waals surface area contributed by atoms with Gasteiger partial charge in [-0.25, -0.2) is 8.42 Å². The minimum atomic E-state index is -3.77. The summed E-state index contributed by atoms with van der Waals surface area (Å²) in [4.78, 5) is 14.8. The van der Waals surface area contributed by atoms with E-state index in [2.05, 4.69) is 14.9 Å². The molecule has 0 saturated carbocycles. The van der Waals surface area contributed by atoms with Crippen LogP contribution < -0.4 is 9.62 Å². The number of carbonyl (C=O) groups excluding carboxylic acids is 1. The van der Waals surface area contributed by atoms with Crippen LogP contribution >= 0.6 is 23.1 Å². The molecule has 0 aliphatic carbocycles. The molecule has 7 nitrogen and oxygen atoms in total. The van der Waals surface area contributed by atoms with Gasteiger partial charge >= 0.3 is 0 Å².